The molecule has 6 atom stereocenters. The number of aromatic nitrogens is 2. The van der Waals surface area contributed by atoms with Crippen molar-refractivity contribution in [3.05, 3.63) is 41.8 Å². The Bertz CT molecular complexity index is 2270. The van der Waals surface area contributed by atoms with Gasteiger partial charge in [0, 0.05) is 6.42 Å². The number of hydrogen-bond donors (Lipinski definition) is 4. The number of carbonyl (C=O) groups excluding carboxylic acids is 5. The standard InChI is InChI=1S/C41H51F2N7O9S2/c1-40(2,3)32(47-35(52)30(46-39(55)58-4)22-11-6-5-7-12-22)37(53)50-21-23(59-36-31(29-15-10-18-60-29)44-26-13-8-9-14-27(26)45-36)19-28(50)34(51)48-41(20-25(41)33(42)43)38(54)49-61(56,57)24-16-17-24/h8-10,13-15,18,22-25,28,30,32-33H,5-7,11-12,16-17,19-21H2,1-4H3,(H,46,55)(H,47,52)(H,48,51)(H,49,54)/t23-,25+,28?,30+,32-,41-/m1/s1. The maximum absolute atomic E-state index is 15.0. The summed E-state index contributed by atoms with van der Waals surface area (Å²) in [6.07, 6.45) is -0.964. The fraction of sp³-hybridized carbons (Fsp3) is 0.585. The van der Waals surface area contributed by atoms with Gasteiger partial charge < -0.3 is 30.3 Å². The molecule has 0 spiro atoms. The number of carbonyl (C=O) groups is 5. The van der Waals surface area contributed by atoms with Crippen LogP contribution in [0.3, 0.4) is 0 Å². The first kappa shape index (κ1) is 44.1. The van der Waals surface area contributed by atoms with E-state index in [1.807, 2.05) is 28.3 Å². The fourth-order valence-corrected chi connectivity index (χ4v) is 10.4. The summed E-state index contributed by atoms with van der Waals surface area (Å²) in [5.41, 5.74) is -1.72. The molecule has 16 nitrogen and oxygen atoms in total. The number of thiophene rings is 1. The van der Waals surface area contributed by atoms with E-state index in [1.54, 1.807) is 39.0 Å². The second kappa shape index (κ2) is 17.4. The Balaban J connectivity index is 1.21. The molecule has 4 aliphatic rings. The number of ether oxygens (including phenoxy) is 2. The number of para-hydroxylation sites is 2. The highest BCUT2D eigenvalue weighted by Crippen LogP contribution is 2.48. The average molecular weight is 888 g/mol. The van der Waals surface area contributed by atoms with Crippen molar-refractivity contribution < 1.29 is 50.6 Å². The second-order valence-corrected chi connectivity index (χ2v) is 20.3. The summed E-state index contributed by atoms with van der Waals surface area (Å²) in [5, 5.41) is 8.95. The molecule has 0 radical (unpaired) electrons. The Morgan fingerprint density at radius 2 is 1.64 bits per heavy atom. The average Bonchev–Trinajstić information content (AvgIpc) is 4.11. The monoisotopic (exact) mass is 887 g/mol. The number of fused-ring (bicyclic) bond motifs is 1. The third kappa shape index (κ3) is 9.59. The van der Waals surface area contributed by atoms with E-state index in [4.69, 9.17) is 19.4 Å². The van der Waals surface area contributed by atoms with E-state index < -0.39 is 98.9 Å². The van der Waals surface area contributed by atoms with Crippen molar-refractivity contribution in [1.29, 1.82) is 0 Å². The third-order valence-electron chi connectivity index (χ3n) is 12.0. The lowest BCUT2D eigenvalue weighted by Crippen LogP contribution is -2.62. The van der Waals surface area contributed by atoms with E-state index >= 15 is 0 Å². The van der Waals surface area contributed by atoms with Gasteiger partial charge in [0.1, 0.15) is 35.5 Å². The number of rotatable bonds is 14. The van der Waals surface area contributed by atoms with Crippen LogP contribution in [0.5, 0.6) is 5.88 Å². The molecule has 3 saturated carbocycles. The molecule has 3 aromatic rings. The van der Waals surface area contributed by atoms with E-state index in [9.17, 15) is 41.2 Å². The Morgan fingerprint density at radius 1 is 0.951 bits per heavy atom. The largest absolute Gasteiger partial charge is 0.471 e. The third-order valence-corrected chi connectivity index (χ3v) is 14.6. The van der Waals surface area contributed by atoms with Gasteiger partial charge in [-0.1, -0.05) is 58.2 Å². The first-order chi connectivity index (χ1) is 28.9. The molecule has 20 heteroatoms. The van der Waals surface area contributed by atoms with Crippen molar-refractivity contribution in [3.8, 4) is 16.5 Å². The molecule has 1 aliphatic heterocycles. The number of sulfonamides is 1. The molecule has 4 fully saturated rings. The van der Waals surface area contributed by atoms with Gasteiger partial charge in [0.05, 0.1) is 40.7 Å². The number of halogens is 2. The summed E-state index contributed by atoms with van der Waals surface area (Å²) < 4.78 is 67.3. The molecule has 1 aromatic carbocycles. The van der Waals surface area contributed by atoms with Crippen LogP contribution in [0.25, 0.3) is 21.6 Å². The van der Waals surface area contributed by atoms with Gasteiger partial charge in [-0.05, 0) is 67.0 Å². The predicted molar refractivity (Wildman–Crippen MR) is 220 cm³/mol. The quantitative estimate of drug-likeness (QED) is 0.179. The predicted octanol–water partition coefficient (Wildman–Crippen LogP) is 4.29. The minimum Gasteiger partial charge on any atom is -0.471 e. The van der Waals surface area contributed by atoms with Crippen LogP contribution in [0.1, 0.15) is 78.6 Å². The summed E-state index contributed by atoms with van der Waals surface area (Å²) >= 11 is 1.40. The SMILES string of the molecule is COC(=O)N[C@H](C(=O)N[C@H](C(=O)N1C[C@H](Oc2nc3ccccc3nc2-c2cccs2)CC1C(=O)N[C@]1(C(=O)NS(=O)(=O)C2CC2)C[C@H]1C(F)F)C(C)(C)C)C1CCCCC1. The fourth-order valence-electron chi connectivity index (χ4n) is 8.31. The zero-order valence-electron chi connectivity index (χ0n) is 34.3. The van der Waals surface area contributed by atoms with Gasteiger partial charge in [-0.25, -0.2) is 32.0 Å². The Kier molecular flexibility index (Phi) is 12.6. The minimum absolute atomic E-state index is 0.116. The van der Waals surface area contributed by atoms with Crippen molar-refractivity contribution >= 4 is 62.1 Å². The van der Waals surface area contributed by atoms with Crippen molar-refractivity contribution in [2.75, 3.05) is 13.7 Å². The van der Waals surface area contributed by atoms with E-state index in [1.165, 1.54) is 23.3 Å². The van der Waals surface area contributed by atoms with Gasteiger partial charge in [-0.3, -0.25) is 23.9 Å². The maximum Gasteiger partial charge on any atom is 0.407 e. The van der Waals surface area contributed by atoms with Crippen LogP contribution in [0.4, 0.5) is 13.6 Å². The molecule has 3 heterocycles. The van der Waals surface area contributed by atoms with Crippen LogP contribution >= 0.6 is 11.3 Å². The van der Waals surface area contributed by atoms with Gasteiger partial charge in [-0.15, -0.1) is 11.3 Å². The lowest BCUT2D eigenvalue weighted by atomic mass is 9.82. The van der Waals surface area contributed by atoms with Gasteiger partial charge in [0.25, 0.3) is 5.91 Å². The Hall–Kier alpha value is -4.98. The molecule has 330 valence electrons. The number of amides is 5. The summed E-state index contributed by atoms with van der Waals surface area (Å²) in [4.78, 5) is 81.0. The number of nitrogens with one attached hydrogen (secondary N) is 4. The second-order valence-electron chi connectivity index (χ2n) is 17.4. The topological polar surface area (TPSA) is 215 Å². The highest BCUT2D eigenvalue weighted by molar-refractivity contribution is 7.91. The Morgan fingerprint density at radius 3 is 2.23 bits per heavy atom. The number of alkyl carbamates (subject to hydrolysis) is 1. The molecule has 1 unspecified atom stereocenters. The van der Waals surface area contributed by atoms with E-state index in [2.05, 4.69) is 16.0 Å². The van der Waals surface area contributed by atoms with Gasteiger partial charge in [0.2, 0.25) is 40.1 Å². The minimum atomic E-state index is -4.17. The lowest BCUT2D eigenvalue weighted by Gasteiger charge is -2.37. The van der Waals surface area contributed by atoms with E-state index in [0.29, 0.717) is 42.4 Å². The van der Waals surface area contributed by atoms with Gasteiger partial charge >= 0.3 is 6.09 Å². The zero-order chi connectivity index (χ0) is 43.9. The molecular weight excluding hydrogens is 837 g/mol. The zero-order valence-corrected chi connectivity index (χ0v) is 36.0. The summed E-state index contributed by atoms with van der Waals surface area (Å²) in [5.74, 6) is -5.42. The summed E-state index contributed by atoms with van der Waals surface area (Å²) in [6, 6.07) is 7.06. The molecule has 0 bridgehead atoms. The van der Waals surface area contributed by atoms with Gasteiger partial charge in [0.15, 0.2) is 0 Å². The molecule has 2 aromatic heterocycles. The summed E-state index contributed by atoms with van der Waals surface area (Å²) in [6.45, 7) is 4.91. The smallest absolute Gasteiger partial charge is 0.407 e. The van der Waals surface area contributed by atoms with Crippen LogP contribution in [-0.4, -0.2) is 108 Å². The van der Waals surface area contributed by atoms with Crippen molar-refractivity contribution in [2.24, 2.45) is 17.3 Å². The van der Waals surface area contributed by atoms with Crippen LogP contribution < -0.4 is 25.4 Å². The maximum atomic E-state index is 15.0. The van der Waals surface area contributed by atoms with Crippen molar-refractivity contribution in [1.82, 2.24) is 35.5 Å². The lowest BCUT2D eigenvalue weighted by molar-refractivity contribution is -0.145. The normalized spacial score (nSPS) is 24.1. The molecular formula is C41H51F2N7O9S2. The van der Waals surface area contributed by atoms with Crippen molar-refractivity contribution in [2.45, 2.75) is 120 Å². The van der Waals surface area contributed by atoms with Crippen LogP contribution in [0, 0.1) is 17.3 Å². The number of hydrogen-bond acceptors (Lipinski definition) is 12. The number of benzene rings is 1. The molecule has 7 rings (SSSR count). The van der Waals surface area contributed by atoms with Crippen molar-refractivity contribution in [3.63, 3.8) is 0 Å². The molecule has 61 heavy (non-hydrogen) atoms. The molecule has 4 N–H and O–H groups in total. The van der Waals surface area contributed by atoms with Crippen LogP contribution in [0.15, 0.2) is 41.8 Å². The van der Waals surface area contributed by atoms with Crippen LogP contribution in [-0.2, 0) is 33.9 Å². The van der Waals surface area contributed by atoms with E-state index in [-0.39, 0.29) is 24.8 Å². The number of nitrogens with zero attached hydrogens (tertiary/aromatic N) is 3. The molecule has 5 amide bonds. The van der Waals surface area contributed by atoms with E-state index in [0.717, 1.165) is 24.1 Å². The Labute approximate surface area is 356 Å². The summed E-state index contributed by atoms with van der Waals surface area (Å²) in [7, 11) is -2.99. The highest BCUT2D eigenvalue weighted by Gasteiger charge is 2.67. The van der Waals surface area contributed by atoms with Gasteiger partial charge in [-0.2, -0.15) is 0 Å². The first-order valence-electron chi connectivity index (χ1n) is 20.5. The van der Waals surface area contributed by atoms with Crippen LogP contribution in [0.2, 0.25) is 0 Å². The number of methoxy groups -OCH3 is 1. The first-order valence-corrected chi connectivity index (χ1v) is 22.9. The number of alkyl halides is 2. The molecule has 1 saturated heterocycles. The highest BCUT2D eigenvalue weighted by atomic mass is 32.2. The molecule has 3 aliphatic carbocycles. The number of likely N-dealkylation sites (tertiary alicyclic amines) is 1.